The summed E-state index contributed by atoms with van der Waals surface area (Å²) in [7, 11) is 0. The molecule has 0 aromatic heterocycles. The van der Waals surface area contributed by atoms with Crippen LogP contribution in [-0.4, -0.2) is 11.4 Å². The van der Waals surface area contributed by atoms with E-state index >= 15 is 0 Å². The maximum Gasteiger partial charge on any atom is 0.0639 e. The van der Waals surface area contributed by atoms with E-state index in [-0.39, 0.29) is 16.5 Å². The standard InChI is InChI=1S/C32H48N2.Ni/c1-7-13-18-32(34-30-23-27(16-10-4)20-28(24-30)17-11-5)31(12-6)33-29-21-25(14-8-2)19-26(22-29)15-9-3;/h19-24H,7-18H2,1-6H3;/b33-31+,34-32+;. The first-order chi connectivity index (χ1) is 16.6. The smallest absolute Gasteiger partial charge is 0.0639 e. The van der Waals surface area contributed by atoms with Gasteiger partial charge in [-0.25, -0.2) is 0 Å². The zero-order valence-electron chi connectivity index (χ0n) is 23.2. The quantitative estimate of drug-likeness (QED) is 0.165. The van der Waals surface area contributed by atoms with Crippen molar-refractivity contribution in [3.05, 3.63) is 58.7 Å². The summed E-state index contributed by atoms with van der Waals surface area (Å²) in [5.41, 5.74) is 10.1. The van der Waals surface area contributed by atoms with Gasteiger partial charge in [0.2, 0.25) is 0 Å². The Morgan fingerprint density at radius 1 is 0.514 bits per heavy atom. The zero-order valence-corrected chi connectivity index (χ0v) is 24.1. The van der Waals surface area contributed by atoms with E-state index in [1.54, 1.807) is 0 Å². The molecular formula is C32H48N2Ni. The van der Waals surface area contributed by atoms with Gasteiger partial charge in [-0.15, -0.1) is 0 Å². The Bertz CT molecular complexity index is 894. The summed E-state index contributed by atoms with van der Waals surface area (Å²) in [5, 5.41) is 0. The first-order valence-corrected chi connectivity index (χ1v) is 14.0. The van der Waals surface area contributed by atoms with Crippen LogP contribution in [0.2, 0.25) is 0 Å². The fourth-order valence-electron chi connectivity index (χ4n) is 4.62. The molecule has 0 aliphatic rings. The molecule has 3 heteroatoms. The molecule has 0 bridgehead atoms. The van der Waals surface area contributed by atoms with Crippen molar-refractivity contribution in [3.63, 3.8) is 0 Å². The van der Waals surface area contributed by atoms with Crippen LogP contribution in [0.15, 0.2) is 46.4 Å². The van der Waals surface area contributed by atoms with Gasteiger partial charge in [0.1, 0.15) is 0 Å². The molecule has 0 heterocycles. The Balaban J connectivity index is 0.00000612. The van der Waals surface area contributed by atoms with Crippen molar-refractivity contribution in [1.29, 1.82) is 0 Å². The van der Waals surface area contributed by atoms with Crippen LogP contribution in [0.3, 0.4) is 0 Å². The molecule has 0 radical (unpaired) electrons. The van der Waals surface area contributed by atoms with Gasteiger partial charge in [0.25, 0.3) is 0 Å². The van der Waals surface area contributed by atoms with Crippen LogP contribution in [0.4, 0.5) is 11.4 Å². The van der Waals surface area contributed by atoms with E-state index < -0.39 is 0 Å². The van der Waals surface area contributed by atoms with Gasteiger partial charge in [0, 0.05) is 16.5 Å². The Kier molecular flexibility index (Phi) is 15.8. The average molecular weight is 519 g/mol. The molecular weight excluding hydrogens is 471 g/mol. The molecule has 0 saturated carbocycles. The minimum atomic E-state index is 0. The van der Waals surface area contributed by atoms with Gasteiger partial charge in [0.15, 0.2) is 0 Å². The fraction of sp³-hybridized carbons (Fsp3) is 0.562. The molecule has 0 atom stereocenters. The van der Waals surface area contributed by atoms with E-state index in [1.165, 1.54) is 34.4 Å². The van der Waals surface area contributed by atoms with Gasteiger partial charge < -0.3 is 0 Å². The third-order valence-corrected chi connectivity index (χ3v) is 6.19. The maximum absolute atomic E-state index is 5.25. The molecule has 2 rings (SSSR count). The summed E-state index contributed by atoms with van der Waals surface area (Å²) in [6.45, 7) is 13.5. The van der Waals surface area contributed by atoms with Crippen molar-refractivity contribution < 1.29 is 16.5 Å². The van der Waals surface area contributed by atoms with E-state index in [2.05, 4.69) is 77.9 Å². The van der Waals surface area contributed by atoms with E-state index in [0.717, 1.165) is 87.7 Å². The van der Waals surface area contributed by atoms with Crippen LogP contribution in [-0.2, 0) is 42.2 Å². The summed E-state index contributed by atoms with van der Waals surface area (Å²) in [6, 6.07) is 13.9. The third kappa shape index (κ3) is 10.8. The van der Waals surface area contributed by atoms with E-state index in [9.17, 15) is 0 Å². The van der Waals surface area contributed by atoms with Crippen molar-refractivity contribution in [2.75, 3.05) is 0 Å². The second-order valence-corrected chi connectivity index (χ2v) is 9.59. The monoisotopic (exact) mass is 518 g/mol. The largest absolute Gasteiger partial charge is 0.252 e. The topological polar surface area (TPSA) is 24.7 Å². The first kappa shape index (κ1) is 31.3. The van der Waals surface area contributed by atoms with Crippen LogP contribution in [0.5, 0.6) is 0 Å². The number of nitrogens with zero attached hydrogens (tertiary/aromatic N) is 2. The molecule has 0 aliphatic heterocycles. The van der Waals surface area contributed by atoms with Crippen LogP contribution in [0, 0.1) is 0 Å². The van der Waals surface area contributed by atoms with Gasteiger partial charge in [0.05, 0.1) is 22.8 Å². The number of hydrogen-bond acceptors (Lipinski definition) is 2. The number of benzene rings is 2. The first-order valence-electron chi connectivity index (χ1n) is 14.0. The van der Waals surface area contributed by atoms with Crippen LogP contribution < -0.4 is 0 Å². The molecule has 196 valence electrons. The normalized spacial score (nSPS) is 12.1. The minimum absolute atomic E-state index is 0. The molecule has 2 nitrogen and oxygen atoms in total. The molecule has 0 N–H and O–H groups in total. The fourth-order valence-corrected chi connectivity index (χ4v) is 4.62. The summed E-state index contributed by atoms with van der Waals surface area (Å²) < 4.78 is 0. The van der Waals surface area contributed by atoms with Gasteiger partial charge >= 0.3 is 0 Å². The van der Waals surface area contributed by atoms with Crippen LogP contribution in [0.1, 0.15) is 115 Å². The Morgan fingerprint density at radius 2 is 0.886 bits per heavy atom. The summed E-state index contributed by atoms with van der Waals surface area (Å²) in [6.07, 6.45) is 13.3. The van der Waals surface area contributed by atoms with Crippen molar-refractivity contribution in [1.82, 2.24) is 0 Å². The van der Waals surface area contributed by atoms with Crippen LogP contribution in [0.25, 0.3) is 0 Å². The number of rotatable bonds is 15. The molecule has 0 amide bonds. The van der Waals surface area contributed by atoms with E-state index in [0.29, 0.717) is 0 Å². The predicted molar refractivity (Wildman–Crippen MR) is 153 cm³/mol. The molecule has 2 aromatic rings. The summed E-state index contributed by atoms with van der Waals surface area (Å²) in [5.74, 6) is 0. The van der Waals surface area contributed by atoms with Crippen molar-refractivity contribution in [2.45, 2.75) is 119 Å². The van der Waals surface area contributed by atoms with Crippen molar-refractivity contribution >= 4 is 22.8 Å². The van der Waals surface area contributed by atoms with Crippen molar-refractivity contribution in [3.8, 4) is 0 Å². The second kappa shape index (κ2) is 17.7. The number of aryl methyl sites for hydroxylation is 4. The Hall–Kier alpha value is -1.73. The van der Waals surface area contributed by atoms with Gasteiger partial charge in [-0.3, -0.25) is 9.98 Å². The molecule has 0 spiro atoms. The number of unbranched alkanes of at least 4 members (excludes halogenated alkanes) is 1. The van der Waals surface area contributed by atoms with Gasteiger partial charge in [-0.05, 0) is 91.5 Å². The van der Waals surface area contributed by atoms with Gasteiger partial charge in [-0.1, -0.05) is 85.8 Å². The predicted octanol–water partition coefficient (Wildman–Crippen LogP) is 9.94. The molecule has 35 heavy (non-hydrogen) atoms. The zero-order chi connectivity index (χ0) is 24.8. The molecule has 0 unspecified atom stereocenters. The Morgan fingerprint density at radius 3 is 1.20 bits per heavy atom. The molecule has 0 fully saturated rings. The molecule has 0 aliphatic carbocycles. The SMILES string of the molecule is CCCCC(=N\c1cc(CCC)cc(CCC)c1)/C(CC)=N/c1cc(CCC)cc(CCC)c1.[Ni]. The number of aliphatic imine (C=N–C) groups is 2. The minimum Gasteiger partial charge on any atom is -0.252 e. The van der Waals surface area contributed by atoms with E-state index in [1.807, 2.05) is 0 Å². The summed E-state index contributed by atoms with van der Waals surface area (Å²) >= 11 is 0. The van der Waals surface area contributed by atoms with Crippen molar-refractivity contribution in [2.24, 2.45) is 9.98 Å². The van der Waals surface area contributed by atoms with E-state index in [4.69, 9.17) is 9.98 Å². The summed E-state index contributed by atoms with van der Waals surface area (Å²) in [4.78, 5) is 10.5. The maximum atomic E-state index is 5.25. The molecule has 0 saturated heterocycles. The second-order valence-electron chi connectivity index (χ2n) is 9.59. The molecule has 2 aromatic carbocycles. The van der Waals surface area contributed by atoms with Crippen LogP contribution >= 0.6 is 0 Å². The Labute approximate surface area is 226 Å². The third-order valence-electron chi connectivity index (χ3n) is 6.19. The van der Waals surface area contributed by atoms with Gasteiger partial charge in [-0.2, -0.15) is 0 Å². The average Bonchev–Trinajstić information content (AvgIpc) is 2.81. The number of hydrogen-bond donors (Lipinski definition) is 0.